The van der Waals surface area contributed by atoms with E-state index in [0.717, 1.165) is 68.3 Å². The molecule has 0 saturated carbocycles. The Hall–Kier alpha value is -11.2. The standard InChI is InChI=1S/2C24H40BN6.2C18HBF15O.C6H6.2Co.2H2O/c2*1-16-13-19(22(4,5)6)26-29(16)25(30-17(2)14-20(27-30)23(7,8)9)31-18(3)15-21(28-31)24(10,11)12;2*20-4-1(5(21)11(27)16(32)10(4)26)19(35,2-6(22)12(28)17(33)13(29)7(2)23)3-8(24)14(30)18(34)15(31)9(3)25;1-2-4-6-5-3-1;;;;/h2*13-15,25H,1-12H3;2*35H;1-6H;;;2*1H2/q4*-1;;2*+2;;/p+2. The van der Waals surface area contributed by atoms with Crippen LogP contribution in [0.15, 0.2) is 72.8 Å². The first kappa shape index (κ1) is 121. The molecule has 142 heavy (non-hydrogen) atoms. The van der Waals surface area contributed by atoms with Gasteiger partial charge in [-0.2, -0.15) is 0 Å². The summed E-state index contributed by atoms with van der Waals surface area (Å²) in [6, 6.07) is 25.2. The monoisotopic (exact) mass is 2140 g/mol. The molecule has 0 bridgehead atoms. The van der Waals surface area contributed by atoms with Crippen molar-refractivity contribution >= 4 is 59.7 Å². The van der Waals surface area contributed by atoms with Crippen LogP contribution >= 0.6 is 0 Å². The predicted octanol–water partition coefficient (Wildman–Crippen LogP) is 16.8. The summed E-state index contributed by atoms with van der Waals surface area (Å²) in [5.74, 6) is -95.7. The summed E-state index contributed by atoms with van der Waals surface area (Å²) >= 11 is 0. The Bertz CT molecular complexity index is 5710. The van der Waals surface area contributed by atoms with Crippen LogP contribution in [0.3, 0.4) is 0 Å². The SMILES string of the molecule is Cc1cc(C(C)(C)C)nn1[BH-](n1nc(C(C)(C)C)cc1C)n1nc(C(C)(C)C)cc1C.Cc1cc(C(C)(C)C)nn1[BH-](n1nc(C(C)(C)C)cc1C)n1nc(C(C)(C)C)cc1C.O[B-](c1c(F)c(F)c(F)c(F)c1F)(c1c(F)c(F)c(F)c(F)c1F)c1c(F)c(F)c(F)c(F)c1F.O[B-](c1c(F)c(F)c(F)c(F)c1F)(c1c(F)c(F)c(F)c(F)c1F)c1c(F)c(F)c(F)c(F)c1F.[Co+2].[Co+2].[OH3+].[OH3+].c1ccccc1. The summed E-state index contributed by atoms with van der Waals surface area (Å²) in [6.07, 6.45) is -12.8. The molecule has 13 aromatic rings. The van der Waals surface area contributed by atoms with Crippen LogP contribution in [0.5, 0.6) is 0 Å². The molecule has 0 spiro atoms. The van der Waals surface area contributed by atoms with Crippen LogP contribution in [-0.4, -0.2) is 95.1 Å². The minimum absolute atomic E-state index is 0. The van der Waals surface area contributed by atoms with Crippen LogP contribution in [0, 0.1) is 216 Å². The smallest absolute Gasteiger partial charge is 0.594 e. The van der Waals surface area contributed by atoms with Crippen molar-refractivity contribution in [1.82, 2.24) is 58.1 Å². The molecule has 0 saturated heterocycles. The minimum atomic E-state index is -6.41. The fourth-order valence-electron chi connectivity index (χ4n) is 14.9. The molecule has 13 rings (SSSR count). The van der Waals surface area contributed by atoms with E-state index in [9.17, 15) is 142 Å². The fraction of sp³-hybridized carbons (Fsp3) is 0.333. The van der Waals surface area contributed by atoms with Gasteiger partial charge in [-0.3, -0.25) is 0 Å². The molecule has 0 aliphatic heterocycles. The number of rotatable bonds is 12. The van der Waals surface area contributed by atoms with Crippen molar-refractivity contribution in [3.05, 3.63) is 316 Å². The molecule has 0 aliphatic carbocycles. The Morgan fingerprint density at radius 2 is 0.275 bits per heavy atom. The molecule has 8 N–H and O–H groups in total. The van der Waals surface area contributed by atoms with E-state index in [4.69, 9.17) is 30.6 Å². The topological polar surface area (TPSA) is 213 Å². The maximum Gasteiger partial charge on any atom is 2.00 e. The van der Waals surface area contributed by atoms with Crippen LogP contribution in [0.2, 0.25) is 0 Å². The van der Waals surface area contributed by atoms with Gasteiger partial charge in [0.2, 0.25) is 12.7 Å². The zero-order valence-electron chi connectivity index (χ0n) is 79.9. The van der Waals surface area contributed by atoms with E-state index < -0.39 is 234 Å². The Morgan fingerprint density at radius 3 is 0.352 bits per heavy atom. The van der Waals surface area contributed by atoms with Gasteiger partial charge >= 0.3 is 47.8 Å². The normalized spacial score (nSPS) is 12.1. The van der Waals surface area contributed by atoms with Gasteiger partial charge in [0.05, 0.1) is 34.2 Å². The van der Waals surface area contributed by atoms with Gasteiger partial charge in [0.25, 0.3) is 0 Å². The Labute approximate surface area is 814 Å². The zero-order valence-corrected chi connectivity index (χ0v) is 82.0. The molecular weight excluding hydrogens is 2040 g/mol. The van der Waals surface area contributed by atoms with Crippen molar-refractivity contribution in [1.29, 1.82) is 0 Å². The van der Waals surface area contributed by atoms with Gasteiger partial charge in [-0.15, -0.1) is 0 Å². The Morgan fingerprint density at radius 1 is 0.190 bits per heavy atom. The number of nitrogens with zero attached hydrogens (tertiary/aromatic N) is 12. The molecule has 6 aromatic heterocycles. The summed E-state index contributed by atoms with van der Waals surface area (Å²) in [6.45, 7) is 52.5. The molecule has 0 aliphatic rings. The summed E-state index contributed by atoms with van der Waals surface area (Å²) in [7, 11) is -2.84. The first-order valence-corrected chi connectivity index (χ1v) is 41.7. The molecule has 0 fully saturated rings. The van der Waals surface area contributed by atoms with E-state index in [2.05, 4.69) is 230 Å². The molecule has 0 amide bonds. The summed E-state index contributed by atoms with van der Waals surface area (Å²) in [5, 5.41) is 52.1. The van der Waals surface area contributed by atoms with Gasteiger partial charge in [0, 0.05) is 32.5 Å². The summed E-state index contributed by atoms with van der Waals surface area (Å²) < 4.78 is 432. The molecule has 0 unspecified atom stereocenters. The Kier molecular flexibility index (Phi) is 37.1. The number of hydrogen-bond donors (Lipinski definition) is 2. The number of aryl methyl sites for hydroxylation is 6. The second-order valence-electron chi connectivity index (χ2n) is 39.1. The van der Waals surface area contributed by atoms with E-state index in [1.807, 2.05) is 36.4 Å². The number of aromatic nitrogens is 12. The zero-order chi connectivity index (χ0) is 105. The van der Waals surface area contributed by atoms with Gasteiger partial charge < -0.3 is 48.6 Å². The molecule has 776 valence electrons. The largest absolute Gasteiger partial charge is 2.00 e. The van der Waals surface area contributed by atoms with Gasteiger partial charge in [-0.05, 0) is 112 Å². The number of halogens is 30. The quantitative estimate of drug-likeness (QED) is 0.0394. The van der Waals surface area contributed by atoms with Crippen LogP contribution < -0.4 is 32.8 Å². The van der Waals surface area contributed by atoms with E-state index in [-0.39, 0.29) is 77.0 Å². The first-order valence-electron chi connectivity index (χ1n) is 41.7. The fourth-order valence-corrected chi connectivity index (χ4v) is 14.9. The number of hydrogen-bond acceptors (Lipinski definition) is 8. The van der Waals surface area contributed by atoms with Gasteiger partial charge in [-0.1, -0.05) is 194 Å². The number of benzene rings is 7. The third kappa shape index (κ3) is 22.4. The van der Waals surface area contributed by atoms with Crippen LogP contribution in [0.4, 0.5) is 132 Å². The first-order chi connectivity index (χ1) is 63.0. The van der Waals surface area contributed by atoms with Crippen molar-refractivity contribution in [2.24, 2.45) is 0 Å². The molecule has 52 heteroatoms. The van der Waals surface area contributed by atoms with Crippen molar-refractivity contribution in [2.75, 3.05) is 0 Å². The van der Waals surface area contributed by atoms with Crippen LogP contribution in [-0.2, 0) is 77.0 Å². The summed E-state index contributed by atoms with van der Waals surface area (Å²) in [5.41, 5.74) is -5.29. The van der Waals surface area contributed by atoms with Crippen molar-refractivity contribution < 1.29 is 186 Å². The van der Waals surface area contributed by atoms with Crippen molar-refractivity contribution in [3.8, 4) is 0 Å². The molecule has 0 atom stereocenters. The van der Waals surface area contributed by atoms with Crippen molar-refractivity contribution in [3.63, 3.8) is 0 Å². The van der Waals surface area contributed by atoms with E-state index in [1.54, 1.807) is 0 Å². The average molecular weight is 2140 g/mol. The summed E-state index contributed by atoms with van der Waals surface area (Å²) in [4.78, 5) is 0. The van der Waals surface area contributed by atoms with Crippen LogP contribution in [0.1, 0.15) is 193 Å². The third-order valence-electron chi connectivity index (χ3n) is 22.7. The van der Waals surface area contributed by atoms with Crippen LogP contribution in [0.25, 0.3) is 0 Å². The third-order valence-corrected chi connectivity index (χ3v) is 22.7. The maximum absolute atomic E-state index is 14.5. The van der Waals surface area contributed by atoms with Gasteiger partial charge in [0.15, 0.2) is 105 Å². The molecule has 6 heterocycles. The maximum atomic E-state index is 14.5. The van der Waals surface area contributed by atoms with E-state index in [1.165, 1.54) is 0 Å². The molecule has 2 radical (unpaired) electrons. The second-order valence-corrected chi connectivity index (χ2v) is 39.1. The minimum Gasteiger partial charge on any atom is -0.594 e. The Balaban J connectivity index is 0.000000324. The molecule has 16 nitrogen and oxygen atoms in total. The molecular formula is C90H94B4Co2F30N12O4+2. The second kappa shape index (κ2) is 43.4. The van der Waals surface area contributed by atoms with Gasteiger partial charge in [0.1, 0.15) is 69.8 Å². The van der Waals surface area contributed by atoms with Gasteiger partial charge in [-0.25, -0.2) is 162 Å². The van der Waals surface area contributed by atoms with E-state index >= 15 is 0 Å². The molecule has 7 aromatic carbocycles. The van der Waals surface area contributed by atoms with Crippen molar-refractivity contribution in [2.45, 2.75) is 199 Å². The predicted molar refractivity (Wildman–Crippen MR) is 468 cm³/mol. The van der Waals surface area contributed by atoms with E-state index in [0.29, 0.717) is 0 Å². The average Bonchev–Trinajstić information content (AvgIpc) is 0.922.